The van der Waals surface area contributed by atoms with Crippen LogP contribution in [0.25, 0.3) is 10.1 Å². The molecule has 0 atom stereocenters. The van der Waals surface area contributed by atoms with Crippen molar-refractivity contribution < 1.29 is 14.4 Å². The van der Waals surface area contributed by atoms with Crippen LogP contribution in [0.5, 0.6) is 0 Å². The minimum atomic E-state index is -0.481. The van der Waals surface area contributed by atoms with Crippen LogP contribution in [0, 0.1) is 0 Å². The quantitative estimate of drug-likeness (QED) is 0.299. The molecule has 3 amide bonds. The molecule has 9 heteroatoms. The molecule has 1 aromatic heterocycles. The second-order valence-corrected chi connectivity index (χ2v) is 9.04. The van der Waals surface area contributed by atoms with Gasteiger partial charge in [-0.1, -0.05) is 51.8 Å². The van der Waals surface area contributed by atoms with Crippen molar-refractivity contribution in [2.24, 2.45) is 0 Å². The molecule has 0 saturated heterocycles. The van der Waals surface area contributed by atoms with E-state index in [-0.39, 0.29) is 5.91 Å². The molecule has 0 fully saturated rings. The maximum Gasteiger partial charge on any atom is 0.269 e. The number of carbonyl (C=O) groups is 3. The second-order valence-electron chi connectivity index (χ2n) is 6.69. The highest BCUT2D eigenvalue weighted by atomic mass is 79.9. The minimum Gasteiger partial charge on any atom is -0.321 e. The van der Waals surface area contributed by atoms with E-state index in [0.29, 0.717) is 26.7 Å². The van der Waals surface area contributed by atoms with Crippen LogP contribution in [-0.2, 0) is 0 Å². The van der Waals surface area contributed by atoms with Crippen LogP contribution in [0.3, 0.4) is 0 Å². The molecule has 0 spiro atoms. The van der Waals surface area contributed by atoms with E-state index < -0.39 is 11.8 Å². The zero-order chi connectivity index (χ0) is 22.7. The summed E-state index contributed by atoms with van der Waals surface area (Å²) in [6.07, 6.45) is 0. The smallest absolute Gasteiger partial charge is 0.269 e. The van der Waals surface area contributed by atoms with Crippen molar-refractivity contribution in [2.75, 3.05) is 5.32 Å². The van der Waals surface area contributed by atoms with E-state index in [2.05, 4.69) is 32.1 Å². The molecule has 3 aromatic carbocycles. The monoisotopic (exact) mass is 527 g/mol. The van der Waals surface area contributed by atoms with Gasteiger partial charge < -0.3 is 5.32 Å². The number of nitrogens with one attached hydrogen (secondary N) is 3. The Morgan fingerprint density at radius 1 is 0.781 bits per heavy atom. The number of hydrogen-bond donors (Lipinski definition) is 3. The van der Waals surface area contributed by atoms with Crippen molar-refractivity contribution >= 4 is 72.4 Å². The molecule has 0 saturated carbocycles. The molecule has 6 nitrogen and oxygen atoms in total. The van der Waals surface area contributed by atoms with Gasteiger partial charge in [0.05, 0.1) is 5.02 Å². The molecule has 32 heavy (non-hydrogen) atoms. The van der Waals surface area contributed by atoms with Gasteiger partial charge in [0.25, 0.3) is 17.7 Å². The first-order valence-corrected chi connectivity index (χ1v) is 11.4. The van der Waals surface area contributed by atoms with Gasteiger partial charge in [-0.2, -0.15) is 0 Å². The molecule has 1 heterocycles. The predicted molar refractivity (Wildman–Crippen MR) is 130 cm³/mol. The summed E-state index contributed by atoms with van der Waals surface area (Å²) >= 11 is 11.1. The number of benzene rings is 3. The predicted octanol–water partition coefficient (Wildman–Crippen LogP) is 5.64. The van der Waals surface area contributed by atoms with Crippen LogP contribution in [0.1, 0.15) is 30.4 Å². The molecule has 3 N–H and O–H groups in total. The van der Waals surface area contributed by atoms with Crippen LogP contribution in [-0.4, -0.2) is 17.7 Å². The first-order chi connectivity index (χ1) is 15.4. The Morgan fingerprint density at radius 3 is 2.06 bits per heavy atom. The summed E-state index contributed by atoms with van der Waals surface area (Å²) in [6, 6.07) is 20.5. The average molecular weight is 529 g/mol. The lowest BCUT2D eigenvalue weighted by Crippen LogP contribution is -2.41. The van der Waals surface area contributed by atoms with E-state index >= 15 is 0 Å². The number of fused-ring (bicyclic) bond motifs is 1. The van der Waals surface area contributed by atoms with Gasteiger partial charge in [-0.15, -0.1) is 11.3 Å². The normalized spacial score (nSPS) is 10.6. The number of rotatable bonds is 4. The van der Waals surface area contributed by atoms with Crippen molar-refractivity contribution in [2.45, 2.75) is 0 Å². The summed E-state index contributed by atoms with van der Waals surface area (Å²) < 4.78 is 1.81. The van der Waals surface area contributed by atoms with E-state index in [1.807, 2.05) is 18.2 Å². The summed E-state index contributed by atoms with van der Waals surface area (Å²) in [5, 5.41) is 4.00. The lowest BCUT2D eigenvalue weighted by atomic mass is 10.2. The number of anilines is 1. The SMILES string of the molecule is O=C(NNC(=O)c1ccc(NC(=O)c2sc3cc(Br)ccc3c2Cl)cc1)c1ccccc1. The highest BCUT2D eigenvalue weighted by Gasteiger charge is 2.18. The maximum absolute atomic E-state index is 12.7. The first-order valence-electron chi connectivity index (χ1n) is 9.37. The summed E-state index contributed by atoms with van der Waals surface area (Å²) in [5.41, 5.74) is 5.99. The largest absolute Gasteiger partial charge is 0.321 e. The minimum absolute atomic E-state index is 0.320. The fourth-order valence-corrected chi connectivity index (χ4v) is 4.89. The van der Waals surface area contributed by atoms with Crippen LogP contribution >= 0.6 is 38.9 Å². The van der Waals surface area contributed by atoms with E-state index in [9.17, 15) is 14.4 Å². The van der Waals surface area contributed by atoms with Crippen LogP contribution in [0.2, 0.25) is 5.02 Å². The number of halogens is 2. The summed E-state index contributed by atoms with van der Waals surface area (Å²) in [4.78, 5) is 37.4. The molecule has 4 rings (SSSR count). The Bertz CT molecular complexity index is 1320. The Balaban J connectivity index is 1.39. The van der Waals surface area contributed by atoms with Gasteiger partial charge in [-0.05, 0) is 48.5 Å². The molecule has 4 aromatic rings. The van der Waals surface area contributed by atoms with Crippen molar-refractivity contribution in [1.29, 1.82) is 0 Å². The molecular weight excluding hydrogens is 514 g/mol. The number of carbonyl (C=O) groups excluding carboxylic acids is 3. The third-order valence-corrected chi connectivity index (χ3v) is 6.68. The second kappa shape index (κ2) is 9.52. The Kier molecular flexibility index (Phi) is 6.55. The number of hydrazine groups is 1. The molecule has 0 aliphatic carbocycles. The Morgan fingerprint density at radius 2 is 1.41 bits per heavy atom. The van der Waals surface area contributed by atoms with Gasteiger partial charge in [-0.25, -0.2) is 0 Å². The molecule has 0 aliphatic rings. The van der Waals surface area contributed by atoms with E-state index in [1.54, 1.807) is 54.6 Å². The fraction of sp³-hybridized carbons (Fsp3) is 0. The molecule has 0 unspecified atom stereocenters. The Labute approximate surface area is 200 Å². The highest BCUT2D eigenvalue weighted by molar-refractivity contribution is 9.10. The van der Waals surface area contributed by atoms with E-state index in [0.717, 1.165) is 14.6 Å². The van der Waals surface area contributed by atoms with Gasteiger partial charge in [0.15, 0.2) is 0 Å². The average Bonchev–Trinajstić information content (AvgIpc) is 3.14. The summed E-state index contributed by atoms with van der Waals surface area (Å²) in [5.74, 6) is -1.24. The molecule has 0 bridgehead atoms. The molecule has 0 radical (unpaired) electrons. The van der Waals surface area contributed by atoms with Crippen molar-refractivity contribution in [1.82, 2.24) is 10.9 Å². The summed E-state index contributed by atoms with van der Waals surface area (Å²) in [7, 11) is 0. The first kappa shape index (κ1) is 22.0. The van der Waals surface area contributed by atoms with Crippen molar-refractivity contribution in [3.05, 3.63) is 98.3 Å². The van der Waals surface area contributed by atoms with Crippen molar-refractivity contribution in [3.63, 3.8) is 0 Å². The third-order valence-electron chi connectivity index (χ3n) is 4.53. The lowest BCUT2D eigenvalue weighted by molar-refractivity contribution is 0.0846. The van der Waals surface area contributed by atoms with Gasteiger partial charge in [-0.3, -0.25) is 25.2 Å². The number of amides is 3. The standard InChI is InChI=1S/C23H15BrClN3O3S/c24-15-8-11-17-18(12-15)32-20(19(17)25)23(31)26-16-9-6-14(7-10-16)22(30)28-27-21(29)13-4-2-1-3-5-13/h1-12H,(H,26,31)(H,27,29)(H,28,30). The van der Waals surface area contributed by atoms with Gasteiger partial charge in [0.1, 0.15) is 4.88 Å². The number of thiophene rings is 1. The summed E-state index contributed by atoms with van der Waals surface area (Å²) in [6.45, 7) is 0. The van der Waals surface area contributed by atoms with E-state index in [1.165, 1.54) is 11.3 Å². The zero-order valence-electron chi connectivity index (χ0n) is 16.3. The molecule has 0 aliphatic heterocycles. The number of hydrogen-bond acceptors (Lipinski definition) is 4. The van der Waals surface area contributed by atoms with Gasteiger partial charge in [0, 0.05) is 31.4 Å². The fourth-order valence-electron chi connectivity index (χ4n) is 2.93. The third kappa shape index (κ3) is 4.83. The van der Waals surface area contributed by atoms with E-state index in [4.69, 9.17) is 11.6 Å². The molecular formula is C23H15BrClN3O3S. The highest BCUT2D eigenvalue weighted by Crippen LogP contribution is 2.37. The van der Waals surface area contributed by atoms with Crippen LogP contribution in [0.4, 0.5) is 5.69 Å². The lowest BCUT2D eigenvalue weighted by Gasteiger charge is -2.08. The zero-order valence-corrected chi connectivity index (χ0v) is 19.5. The van der Waals surface area contributed by atoms with Gasteiger partial charge >= 0.3 is 0 Å². The maximum atomic E-state index is 12.7. The molecule has 160 valence electrons. The van der Waals surface area contributed by atoms with Crippen LogP contribution < -0.4 is 16.2 Å². The van der Waals surface area contributed by atoms with Gasteiger partial charge in [0.2, 0.25) is 0 Å². The van der Waals surface area contributed by atoms with Crippen molar-refractivity contribution in [3.8, 4) is 0 Å². The topological polar surface area (TPSA) is 87.3 Å². The van der Waals surface area contributed by atoms with Crippen LogP contribution in [0.15, 0.2) is 77.3 Å². The Hall–Kier alpha value is -3.20.